The molecule has 0 aromatic heterocycles. The van der Waals surface area contributed by atoms with Gasteiger partial charge in [-0.1, -0.05) is 6.42 Å². The van der Waals surface area contributed by atoms with Crippen LogP contribution in [-0.4, -0.2) is 61.5 Å². The lowest BCUT2D eigenvalue weighted by Gasteiger charge is -2.21. The standard InChI is InChI=1S/C15H28N2O3/c1-3-20-15(19)9-5-4-6-10-16(2)13-14(18)17-11-7-8-12-17/h3-13H2,1-2H3. The third-order valence-corrected chi connectivity index (χ3v) is 3.59. The van der Waals surface area contributed by atoms with Gasteiger partial charge in [-0.3, -0.25) is 14.5 Å². The minimum absolute atomic E-state index is 0.106. The quantitative estimate of drug-likeness (QED) is 0.477. The number of carbonyl (C=O) groups is 2. The van der Waals surface area contributed by atoms with E-state index < -0.39 is 0 Å². The van der Waals surface area contributed by atoms with Crippen molar-refractivity contribution in [3.63, 3.8) is 0 Å². The molecule has 1 fully saturated rings. The molecule has 1 aliphatic heterocycles. The summed E-state index contributed by atoms with van der Waals surface area (Å²) >= 11 is 0. The summed E-state index contributed by atoms with van der Waals surface area (Å²) in [6.07, 6.45) is 5.67. The van der Waals surface area contributed by atoms with Gasteiger partial charge in [0.15, 0.2) is 0 Å². The Labute approximate surface area is 122 Å². The van der Waals surface area contributed by atoms with Gasteiger partial charge in [0.05, 0.1) is 13.2 Å². The Balaban J connectivity index is 2.00. The topological polar surface area (TPSA) is 49.9 Å². The Morgan fingerprint density at radius 3 is 2.50 bits per heavy atom. The van der Waals surface area contributed by atoms with E-state index in [1.165, 1.54) is 0 Å². The molecule has 0 saturated carbocycles. The number of hydrogen-bond acceptors (Lipinski definition) is 4. The van der Waals surface area contributed by atoms with E-state index in [0.29, 0.717) is 19.6 Å². The summed E-state index contributed by atoms with van der Waals surface area (Å²) < 4.78 is 4.88. The zero-order valence-electron chi connectivity index (χ0n) is 12.9. The Morgan fingerprint density at radius 1 is 1.15 bits per heavy atom. The van der Waals surface area contributed by atoms with Crippen molar-refractivity contribution in [1.29, 1.82) is 0 Å². The maximum Gasteiger partial charge on any atom is 0.305 e. The highest BCUT2D eigenvalue weighted by molar-refractivity contribution is 5.78. The van der Waals surface area contributed by atoms with Gasteiger partial charge < -0.3 is 9.64 Å². The number of carbonyl (C=O) groups excluding carboxylic acids is 2. The van der Waals surface area contributed by atoms with E-state index in [9.17, 15) is 9.59 Å². The summed E-state index contributed by atoms with van der Waals surface area (Å²) in [5.41, 5.74) is 0. The number of likely N-dealkylation sites (tertiary alicyclic amines) is 1. The third kappa shape index (κ3) is 6.89. The lowest BCUT2D eigenvalue weighted by Crippen LogP contribution is -2.37. The molecule has 20 heavy (non-hydrogen) atoms. The van der Waals surface area contributed by atoms with Gasteiger partial charge in [0.25, 0.3) is 0 Å². The normalized spacial score (nSPS) is 14.8. The van der Waals surface area contributed by atoms with E-state index in [-0.39, 0.29) is 11.9 Å². The van der Waals surface area contributed by atoms with Gasteiger partial charge in [-0.2, -0.15) is 0 Å². The number of rotatable bonds is 9. The molecule has 0 aliphatic carbocycles. The van der Waals surface area contributed by atoms with Crippen molar-refractivity contribution in [2.75, 3.05) is 39.8 Å². The molecule has 1 aliphatic rings. The summed E-state index contributed by atoms with van der Waals surface area (Å²) in [5, 5.41) is 0. The van der Waals surface area contributed by atoms with Gasteiger partial charge in [0.2, 0.25) is 5.91 Å². The molecule has 0 N–H and O–H groups in total. The molecule has 5 nitrogen and oxygen atoms in total. The van der Waals surface area contributed by atoms with Crippen molar-refractivity contribution in [2.45, 2.75) is 45.4 Å². The Bertz CT molecular complexity index is 301. The predicted molar refractivity (Wildman–Crippen MR) is 78.4 cm³/mol. The number of likely N-dealkylation sites (N-methyl/N-ethyl adjacent to an activating group) is 1. The van der Waals surface area contributed by atoms with Crippen LogP contribution in [0.3, 0.4) is 0 Å². The molecule has 0 bridgehead atoms. The molecule has 1 amide bonds. The van der Waals surface area contributed by atoms with Gasteiger partial charge in [-0.15, -0.1) is 0 Å². The van der Waals surface area contributed by atoms with Crippen molar-refractivity contribution in [3.8, 4) is 0 Å². The van der Waals surface area contributed by atoms with Crippen LogP contribution in [0, 0.1) is 0 Å². The number of hydrogen-bond donors (Lipinski definition) is 0. The summed E-state index contributed by atoms with van der Waals surface area (Å²) in [5.74, 6) is 0.140. The van der Waals surface area contributed by atoms with Crippen LogP contribution in [0.15, 0.2) is 0 Å². The molecule has 0 atom stereocenters. The van der Waals surface area contributed by atoms with Crippen LogP contribution in [0.2, 0.25) is 0 Å². The highest BCUT2D eigenvalue weighted by Gasteiger charge is 2.18. The summed E-state index contributed by atoms with van der Waals surface area (Å²) in [6.45, 7) is 5.54. The minimum atomic E-state index is -0.106. The fourth-order valence-corrected chi connectivity index (χ4v) is 2.44. The smallest absolute Gasteiger partial charge is 0.305 e. The highest BCUT2D eigenvalue weighted by Crippen LogP contribution is 2.08. The maximum absolute atomic E-state index is 11.9. The highest BCUT2D eigenvalue weighted by atomic mass is 16.5. The monoisotopic (exact) mass is 284 g/mol. The second kappa shape index (κ2) is 9.75. The fourth-order valence-electron chi connectivity index (χ4n) is 2.44. The number of nitrogens with zero attached hydrogens (tertiary/aromatic N) is 2. The molecule has 1 heterocycles. The lowest BCUT2D eigenvalue weighted by molar-refractivity contribution is -0.143. The molecule has 0 aromatic rings. The Kier molecular flexibility index (Phi) is 8.26. The SMILES string of the molecule is CCOC(=O)CCCCCN(C)CC(=O)N1CCCC1. The first-order chi connectivity index (χ1) is 9.63. The largest absolute Gasteiger partial charge is 0.466 e. The summed E-state index contributed by atoms with van der Waals surface area (Å²) in [6, 6.07) is 0. The van der Waals surface area contributed by atoms with Gasteiger partial charge in [0.1, 0.15) is 0 Å². The van der Waals surface area contributed by atoms with Gasteiger partial charge in [0, 0.05) is 19.5 Å². The van der Waals surface area contributed by atoms with Gasteiger partial charge in [-0.25, -0.2) is 0 Å². The van der Waals surface area contributed by atoms with E-state index in [4.69, 9.17) is 4.74 Å². The number of unbranched alkanes of at least 4 members (excludes halogenated alkanes) is 2. The molecular weight excluding hydrogens is 256 g/mol. The van der Waals surface area contributed by atoms with Crippen LogP contribution >= 0.6 is 0 Å². The average Bonchev–Trinajstić information content (AvgIpc) is 2.92. The minimum Gasteiger partial charge on any atom is -0.466 e. The van der Waals surface area contributed by atoms with E-state index >= 15 is 0 Å². The van der Waals surface area contributed by atoms with Crippen molar-refractivity contribution in [2.24, 2.45) is 0 Å². The van der Waals surface area contributed by atoms with Crippen LogP contribution in [0.1, 0.15) is 45.4 Å². The van der Waals surface area contributed by atoms with Crippen LogP contribution in [0.25, 0.3) is 0 Å². The van der Waals surface area contributed by atoms with E-state index in [0.717, 1.165) is 51.7 Å². The predicted octanol–water partition coefficient (Wildman–Crippen LogP) is 1.66. The molecular formula is C15H28N2O3. The second-order valence-electron chi connectivity index (χ2n) is 5.44. The summed E-state index contributed by atoms with van der Waals surface area (Å²) in [7, 11) is 1.99. The molecule has 0 aromatic carbocycles. The zero-order valence-corrected chi connectivity index (χ0v) is 12.9. The molecule has 0 spiro atoms. The molecule has 5 heteroatoms. The van der Waals surface area contributed by atoms with Crippen molar-refractivity contribution >= 4 is 11.9 Å². The molecule has 0 radical (unpaired) electrons. The second-order valence-corrected chi connectivity index (χ2v) is 5.44. The first kappa shape index (κ1) is 17.0. The zero-order chi connectivity index (χ0) is 14.8. The Morgan fingerprint density at radius 2 is 1.85 bits per heavy atom. The van der Waals surface area contributed by atoms with Crippen molar-refractivity contribution in [1.82, 2.24) is 9.80 Å². The Hall–Kier alpha value is -1.10. The number of amides is 1. The molecule has 1 rings (SSSR count). The van der Waals surface area contributed by atoms with Crippen LogP contribution in [0.5, 0.6) is 0 Å². The van der Waals surface area contributed by atoms with E-state index in [1.807, 2.05) is 18.9 Å². The first-order valence-corrected chi connectivity index (χ1v) is 7.75. The third-order valence-electron chi connectivity index (χ3n) is 3.59. The van der Waals surface area contributed by atoms with Crippen molar-refractivity contribution in [3.05, 3.63) is 0 Å². The average molecular weight is 284 g/mol. The van der Waals surface area contributed by atoms with Gasteiger partial charge in [-0.05, 0) is 46.2 Å². The van der Waals surface area contributed by atoms with Crippen LogP contribution < -0.4 is 0 Å². The molecule has 1 saturated heterocycles. The van der Waals surface area contributed by atoms with Crippen molar-refractivity contribution < 1.29 is 14.3 Å². The first-order valence-electron chi connectivity index (χ1n) is 7.75. The van der Waals surface area contributed by atoms with E-state index in [1.54, 1.807) is 0 Å². The van der Waals surface area contributed by atoms with E-state index in [2.05, 4.69) is 4.90 Å². The fraction of sp³-hybridized carbons (Fsp3) is 0.867. The van der Waals surface area contributed by atoms with Gasteiger partial charge >= 0.3 is 5.97 Å². The van der Waals surface area contributed by atoms with Crippen LogP contribution in [0.4, 0.5) is 0 Å². The molecule has 0 unspecified atom stereocenters. The number of esters is 1. The molecule has 116 valence electrons. The lowest BCUT2D eigenvalue weighted by atomic mass is 10.2. The summed E-state index contributed by atoms with van der Waals surface area (Å²) in [4.78, 5) is 27.1. The van der Waals surface area contributed by atoms with Crippen LogP contribution in [-0.2, 0) is 14.3 Å². The maximum atomic E-state index is 11.9. The number of ether oxygens (including phenoxy) is 1.